The highest BCUT2D eigenvalue weighted by Gasteiger charge is 2.30. The van der Waals surface area contributed by atoms with Crippen molar-refractivity contribution in [2.75, 3.05) is 16.0 Å². The van der Waals surface area contributed by atoms with Gasteiger partial charge >= 0.3 is 0 Å². The lowest BCUT2D eigenvalue weighted by molar-refractivity contribution is -0.384. The Morgan fingerprint density at radius 1 is 1.00 bits per heavy atom. The predicted octanol–water partition coefficient (Wildman–Crippen LogP) is 5.18. The second kappa shape index (κ2) is 9.42. The first-order valence-corrected chi connectivity index (χ1v) is 11.4. The number of non-ortho nitro benzene ring substituents is 1. The van der Waals surface area contributed by atoms with E-state index in [2.05, 4.69) is 25.9 Å². The van der Waals surface area contributed by atoms with Crippen molar-refractivity contribution in [3.8, 4) is 11.3 Å². The number of nitro benzene ring substituents is 1. The molecule has 0 atom stereocenters. The minimum atomic E-state index is -0.483. The molecule has 2 amide bonds. The molecule has 2 heterocycles. The van der Waals surface area contributed by atoms with Crippen LogP contribution in [0.15, 0.2) is 72.8 Å². The molecule has 3 aromatic carbocycles. The van der Waals surface area contributed by atoms with Crippen molar-refractivity contribution in [3.63, 3.8) is 0 Å². The number of carbonyl (C=O) groups excluding carboxylic acids is 2. The minimum absolute atomic E-state index is 0.0995. The number of anilines is 3. The lowest BCUT2D eigenvalue weighted by Crippen LogP contribution is -2.10. The number of carbonyl (C=O) groups is 2. The van der Waals surface area contributed by atoms with Gasteiger partial charge in [-0.15, -0.1) is 0 Å². The highest BCUT2D eigenvalue weighted by Crippen LogP contribution is 2.39. The first-order valence-electron chi connectivity index (χ1n) is 11.4. The summed E-state index contributed by atoms with van der Waals surface area (Å²) in [6.07, 6.45) is 0. The van der Waals surface area contributed by atoms with E-state index in [1.807, 2.05) is 61.5 Å². The zero-order valence-corrected chi connectivity index (χ0v) is 20.0. The molecule has 0 unspecified atom stereocenters. The monoisotopic (exact) mass is 494 g/mol. The molecule has 37 heavy (non-hydrogen) atoms. The van der Waals surface area contributed by atoms with Gasteiger partial charge in [0.05, 0.1) is 21.9 Å². The van der Waals surface area contributed by atoms with E-state index in [4.69, 9.17) is 0 Å². The van der Waals surface area contributed by atoms with Crippen LogP contribution in [0.3, 0.4) is 0 Å². The van der Waals surface area contributed by atoms with Crippen LogP contribution in [0.5, 0.6) is 0 Å². The molecule has 184 valence electrons. The maximum Gasteiger partial charge on any atom is 0.270 e. The van der Waals surface area contributed by atoms with Crippen molar-refractivity contribution in [3.05, 3.63) is 99.7 Å². The molecule has 0 bridgehead atoms. The summed E-state index contributed by atoms with van der Waals surface area (Å²) in [5, 5.41) is 20.2. The van der Waals surface area contributed by atoms with Crippen LogP contribution in [-0.4, -0.2) is 26.7 Å². The van der Waals surface area contributed by atoms with E-state index in [-0.39, 0.29) is 17.5 Å². The summed E-state index contributed by atoms with van der Waals surface area (Å²) in [5.74, 6) is -0.196. The van der Waals surface area contributed by atoms with Gasteiger partial charge in [0, 0.05) is 47.3 Å². The quantitative estimate of drug-likeness (QED) is 0.165. The first-order chi connectivity index (χ1) is 17.8. The summed E-state index contributed by atoms with van der Waals surface area (Å²) in [6.45, 7) is 3.28. The zero-order chi connectivity index (χ0) is 26.1. The summed E-state index contributed by atoms with van der Waals surface area (Å²) >= 11 is 0. The van der Waals surface area contributed by atoms with Gasteiger partial charge in [0.1, 0.15) is 0 Å². The number of fused-ring (bicyclic) bond motifs is 1. The summed E-state index contributed by atoms with van der Waals surface area (Å²) in [5.41, 5.74) is 5.51. The van der Waals surface area contributed by atoms with Crippen LogP contribution < -0.4 is 16.0 Å². The molecule has 4 aromatic rings. The minimum Gasteiger partial charge on any atom is -0.354 e. The van der Waals surface area contributed by atoms with Crippen LogP contribution in [0.1, 0.15) is 23.7 Å². The van der Waals surface area contributed by atoms with Gasteiger partial charge in [-0.2, -0.15) is 0 Å². The van der Waals surface area contributed by atoms with Crippen molar-refractivity contribution in [2.24, 2.45) is 0 Å². The third kappa shape index (κ3) is 4.67. The third-order valence-electron chi connectivity index (χ3n) is 5.88. The number of benzene rings is 3. The Morgan fingerprint density at radius 3 is 2.41 bits per heavy atom. The second-order valence-corrected chi connectivity index (χ2v) is 8.50. The van der Waals surface area contributed by atoms with Gasteiger partial charge in [0.2, 0.25) is 11.9 Å². The Bertz CT molecular complexity index is 1570. The zero-order valence-electron chi connectivity index (χ0n) is 20.0. The summed E-state index contributed by atoms with van der Waals surface area (Å²) in [4.78, 5) is 42.8. The molecule has 1 aromatic heterocycles. The smallest absolute Gasteiger partial charge is 0.270 e. The van der Waals surface area contributed by atoms with Gasteiger partial charge in [-0.1, -0.05) is 42.5 Å². The molecule has 0 radical (unpaired) electrons. The van der Waals surface area contributed by atoms with E-state index in [0.717, 1.165) is 16.8 Å². The van der Waals surface area contributed by atoms with Crippen molar-refractivity contribution >= 4 is 46.1 Å². The maximum absolute atomic E-state index is 13.1. The number of nitrogens with zero attached hydrogens (tertiary/aromatic N) is 2. The van der Waals surface area contributed by atoms with E-state index >= 15 is 0 Å². The average Bonchev–Trinajstić information content (AvgIpc) is 3.40. The number of hydrogen-bond donors (Lipinski definition) is 4. The molecular weight excluding hydrogens is 472 g/mol. The van der Waals surface area contributed by atoms with Crippen molar-refractivity contribution in [1.82, 2.24) is 9.97 Å². The number of nitro groups is 1. The fourth-order valence-electron chi connectivity index (χ4n) is 4.22. The topological polar surface area (TPSA) is 142 Å². The molecule has 0 saturated carbocycles. The molecule has 0 fully saturated rings. The number of amides is 2. The number of aromatic amines is 1. The van der Waals surface area contributed by atoms with E-state index in [9.17, 15) is 19.7 Å². The molecule has 10 heteroatoms. The summed E-state index contributed by atoms with van der Waals surface area (Å²) < 4.78 is 0. The SMILES string of the molecule is CC(=O)Nc1nc(-c2ccc(N/C(=C3\C(=O)Nc4ccc([N+](=O)[O-])cc43)c3ccccc3)cc2)c(C)[nH]1. The number of rotatable bonds is 6. The molecule has 1 aliphatic rings. The molecule has 0 spiro atoms. The largest absolute Gasteiger partial charge is 0.354 e. The lowest BCUT2D eigenvalue weighted by atomic mass is 9.99. The van der Waals surface area contributed by atoms with E-state index in [1.165, 1.54) is 25.1 Å². The number of nitrogens with one attached hydrogen (secondary N) is 4. The number of aromatic nitrogens is 2. The summed E-state index contributed by atoms with van der Waals surface area (Å²) in [6, 6.07) is 21.1. The van der Waals surface area contributed by atoms with Gasteiger partial charge in [0.15, 0.2) is 0 Å². The number of imidazole rings is 1. The Kier molecular flexibility index (Phi) is 5.98. The lowest BCUT2D eigenvalue weighted by Gasteiger charge is -2.15. The van der Waals surface area contributed by atoms with Crippen LogP contribution >= 0.6 is 0 Å². The van der Waals surface area contributed by atoms with Gasteiger partial charge in [-0.25, -0.2) is 4.98 Å². The van der Waals surface area contributed by atoms with Gasteiger partial charge < -0.3 is 15.6 Å². The van der Waals surface area contributed by atoms with Crippen LogP contribution in [0.2, 0.25) is 0 Å². The van der Waals surface area contributed by atoms with Crippen LogP contribution in [0, 0.1) is 17.0 Å². The van der Waals surface area contributed by atoms with Crippen molar-refractivity contribution in [2.45, 2.75) is 13.8 Å². The molecule has 5 rings (SSSR count). The summed E-state index contributed by atoms with van der Waals surface area (Å²) in [7, 11) is 0. The first kappa shape index (κ1) is 23.5. The van der Waals surface area contributed by atoms with Gasteiger partial charge in [-0.3, -0.25) is 25.0 Å². The Morgan fingerprint density at radius 2 is 1.73 bits per heavy atom. The maximum atomic E-state index is 13.1. The second-order valence-electron chi connectivity index (χ2n) is 8.50. The van der Waals surface area contributed by atoms with Crippen molar-refractivity contribution in [1.29, 1.82) is 0 Å². The molecule has 10 nitrogen and oxygen atoms in total. The Labute approximate surface area is 211 Å². The Balaban J connectivity index is 1.54. The molecular formula is C27H22N6O4. The molecule has 0 aliphatic carbocycles. The van der Waals surface area contributed by atoms with Gasteiger partial charge in [0.25, 0.3) is 11.6 Å². The molecule has 0 saturated heterocycles. The van der Waals surface area contributed by atoms with E-state index < -0.39 is 4.92 Å². The van der Waals surface area contributed by atoms with Crippen LogP contribution in [0.25, 0.3) is 22.5 Å². The standard InChI is InChI=1S/C27H22N6O4/c1-15-24(32-27(28-15)29-16(2)34)18-8-10-19(11-9-18)30-25(17-6-4-3-5-7-17)23-21-14-20(33(36)37)12-13-22(21)31-26(23)35/h3-14,30H,1-2H3,(H,31,35)(H2,28,29,32,34)/b25-23-. The molecule has 4 N–H and O–H groups in total. The normalized spacial score (nSPS) is 13.5. The third-order valence-corrected chi connectivity index (χ3v) is 5.88. The van der Waals surface area contributed by atoms with E-state index in [0.29, 0.717) is 39.9 Å². The van der Waals surface area contributed by atoms with Crippen LogP contribution in [-0.2, 0) is 9.59 Å². The number of hydrogen-bond acceptors (Lipinski definition) is 6. The fourth-order valence-corrected chi connectivity index (χ4v) is 4.22. The Hall–Kier alpha value is -5.25. The highest BCUT2D eigenvalue weighted by molar-refractivity contribution is 6.37. The van der Waals surface area contributed by atoms with Crippen LogP contribution in [0.4, 0.5) is 23.0 Å². The average molecular weight is 495 g/mol. The number of aryl methyl sites for hydroxylation is 1. The van der Waals surface area contributed by atoms with Gasteiger partial charge in [-0.05, 0) is 30.7 Å². The number of H-pyrrole nitrogens is 1. The van der Waals surface area contributed by atoms with E-state index in [1.54, 1.807) is 0 Å². The predicted molar refractivity (Wildman–Crippen MR) is 142 cm³/mol. The highest BCUT2D eigenvalue weighted by atomic mass is 16.6. The fraction of sp³-hybridized carbons (Fsp3) is 0.0741. The van der Waals surface area contributed by atoms with Crippen molar-refractivity contribution < 1.29 is 14.5 Å². The molecule has 1 aliphatic heterocycles.